The molecule has 8 nitrogen and oxygen atoms in total. The number of likely N-dealkylation sites (tertiary alicyclic amines) is 1. The Bertz CT molecular complexity index is 761. The highest BCUT2D eigenvalue weighted by molar-refractivity contribution is 5.92. The molecule has 0 saturated carbocycles. The lowest BCUT2D eigenvalue weighted by molar-refractivity contribution is -0.117. The number of amides is 1. The Morgan fingerprint density at radius 2 is 2.08 bits per heavy atom. The first-order valence-electron chi connectivity index (χ1n) is 8.88. The van der Waals surface area contributed by atoms with Crippen molar-refractivity contribution in [2.75, 3.05) is 31.6 Å². The van der Waals surface area contributed by atoms with E-state index in [1.54, 1.807) is 23.5 Å². The maximum atomic E-state index is 12.4. The second kappa shape index (κ2) is 6.95. The van der Waals surface area contributed by atoms with Gasteiger partial charge in [-0.05, 0) is 31.2 Å². The first kappa shape index (κ1) is 16.8. The molecule has 2 saturated heterocycles. The molecule has 0 bridgehead atoms. The van der Waals surface area contributed by atoms with Crippen LogP contribution in [0.1, 0.15) is 28.9 Å². The van der Waals surface area contributed by atoms with Crippen LogP contribution in [0.25, 0.3) is 0 Å². The molecular formula is C18H22N6O2. The second-order valence-electron chi connectivity index (χ2n) is 6.95. The zero-order chi connectivity index (χ0) is 18.0. The molecular weight excluding hydrogens is 332 g/mol. The highest BCUT2D eigenvalue weighted by Gasteiger charge is 2.54. The van der Waals surface area contributed by atoms with Gasteiger partial charge in [0.1, 0.15) is 11.3 Å². The molecule has 0 aliphatic carbocycles. The van der Waals surface area contributed by atoms with E-state index in [2.05, 4.69) is 25.3 Å². The van der Waals surface area contributed by atoms with Crippen LogP contribution >= 0.6 is 0 Å². The van der Waals surface area contributed by atoms with E-state index >= 15 is 0 Å². The van der Waals surface area contributed by atoms with Crippen LogP contribution in [0.4, 0.5) is 5.95 Å². The van der Waals surface area contributed by atoms with Gasteiger partial charge in [0, 0.05) is 37.9 Å². The van der Waals surface area contributed by atoms with Crippen LogP contribution in [0.15, 0.2) is 31.0 Å². The number of nitrogens with zero attached hydrogens (tertiary/aromatic N) is 5. The standard InChI is InChI=1S/C18H22N6O2/c1-13-8-22-17(23-9-13)21-4-2-14-3-7-26-18(14)11-24(12-18)16(25)15-10-19-5-6-20-15/h5-6,8-10,14H,2-4,7,11-12H2,1H3,(H,21,22,23)/t14-/m0/s1. The first-order valence-corrected chi connectivity index (χ1v) is 8.88. The van der Waals surface area contributed by atoms with Crippen LogP contribution in [-0.4, -0.2) is 62.6 Å². The number of carbonyl (C=O) groups is 1. The van der Waals surface area contributed by atoms with Gasteiger partial charge in [0.25, 0.3) is 5.91 Å². The summed E-state index contributed by atoms with van der Waals surface area (Å²) in [5.74, 6) is 0.993. The van der Waals surface area contributed by atoms with E-state index in [-0.39, 0.29) is 11.5 Å². The number of aryl methyl sites for hydroxylation is 1. The molecule has 0 aromatic carbocycles. The lowest BCUT2D eigenvalue weighted by Crippen LogP contribution is -2.66. The molecule has 2 fully saturated rings. The number of anilines is 1. The largest absolute Gasteiger partial charge is 0.371 e. The van der Waals surface area contributed by atoms with Crippen LogP contribution in [0.3, 0.4) is 0 Å². The van der Waals surface area contributed by atoms with Crippen molar-refractivity contribution in [1.29, 1.82) is 0 Å². The van der Waals surface area contributed by atoms with E-state index in [1.165, 1.54) is 12.4 Å². The number of hydrogen-bond acceptors (Lipinski definition) is 7. The van der Waals surface area contributed by atoms with Crippen molar-refractivity contribution in [1.82, 2.24) is 24.8 Å². The number of rotatable bonds is 5. The molecule has 1 N–H and O–H groups in total. The van der Waals surface area contributed by atoms with E-state index in [0.717, 1.165) is 31.6 Å². The Balaban J connectivity index is 1.30. The van der Waals surface area contributed by atoms with Gasteiger partial charge in [-0.25, -0.2) is 15.0 Å². The number of carbonyl (C=O) groups excluding carboxylic acids is 1. The number of hydrogen-bond donors (Lipinski definition) is 1. The van der Waals surface area contributed by atoms with Crippen molar-refractivity contribution >= 4 is 11.9 Å². The highest BCUT2D eigenvalue weighted by Crippen LogP contribution is 2.42. The Hall–Kier alpha value is -2.61. The van der Waals surface area contributed by atoms with Gasteiger partial charge >= 0.3 is 0 Å². The zero-order valence-corrected chi connectivity index (χ0v) is 14.8. The maximum Gasteiger partial charge on any atom is 0.274 e. The van der Waals surface area contributed by atoms with Crippen molar-refractivity contribution in [2.24, 2.45) is 5.92 Å². The van der Waals surface area contributed by atoms with E-state index in [4.69, 9.17) is 4.74 Å². The normalized spacial score (nSPS) is 20.8. The second-order valence-corrected chi connectivity index (χ2v) is 6.95. The van der Waals surface area contributed by atoms with Gasteiger partial charge in [0.2, 0.25) is 5.95 Å². The molecule has 0 unspecified atom stereocenters. The Morgan fingerprint density at radius 1 is 1.27 bits per heavy atom. The molecule has 2 aromatic heterocycles. The minimum absolute atomic E-state index is 0.0795. The third-order valence-corrected chi connectivity index (χ3v) is 5.14. The van der Waals surface area contributed by atoms with Crippen molar-refractivity contribution < 1.29 is 9.53 Å². The lowest BCUT2D eigenvalue weighted by Gasteiger charge is -2.50. The zero-order valence-electron chi connectivity index (χ0n) is 14.8. The maximum absolute atomic E-state index is 12.4. The molecule has 8 heteroatoms. The van der Waals surface area contributed by atoms with Crippen molar-refractivity contribution in [3.05, 3.63) is 42.2 Å². The van der Waals surface area contributed by atoms with Crippen LogP contribution < -0.4 is 5.32 Å². The third-order valence-electron chi connectivity index (χ3n) is 5.14. The molecule has 4 heterocycles. The molecule has 1 atom stereocenters. The fourth-order valence-electron chi connectivity index (χ4n) is 3.70. The first-order chi connectivity index (χ1) is 12.7. The van der Waals surface area contributed by atoms with Crippen LogP contribution in [0.2, 0.25) is 0 Å². The number of aromatic nitrogens is 4. The molecule has 2 aromatic rings. The van der Waals surface area contributed by atoms with Gasteiger partial charge in [-0.15, -0.1) is 0 Å². The molecule has 2 aliphatic rings. The van der Waals surface area contributed by atoms with Crippen LogP contribution in [0.5, 0.6) is 0 Å². The van der Waals surface area contributed by atoms with Crippen molar-refractivity contribution in [3.8, 4) is 0 Å². The summed E-state index contributed by atoms with van der Waals surface area (Å²) in [5, 5.41) is 3.27. The van der Waals surface area contributed by atoms with Gasteiger partial charge < -0.3 is 15.0 Å². The molecule has 136 valence electrons. The topological polar surface area (TPSA) is 93.1 Å². The van der Waals surface area contributed by atoms with E-state index in [1.807, 2.05) is 6.92 Å². The fourth-order valence-corrected chi connectivity index (χ4v) is 3.70. The predicted molar refractivity (Wildman–Crippen MR) is 94.6 cm³/mol. The van der Waals surface area contributed by atoms with Crippen molar-refractivity contribution in [2.45, 2.75) is 25.4 Å². The summed E-state index contributed by atoms with van der Waals surface area (Å²) < 4.78 is 6.03. The molecule has 2 aliphatic heterocycles. The van der Waals surface area contributed by atoms with E-state index < -0.39 is 0 Å². The Morgan fingerprint density at radius 3 is 2.81 bits per heavy atom. The molecule has 1 spiro atoms. The van der Waals surface area contributed by atoms with Gasteiger partial charge in [-0.3, -0.25) is 9.78 Å². The summed E-state index contributed by atoms with van der Waals surface area (Å²) in [4.78, 5) is 30.8. The number of nitrogens with one attached hydrogen (secondary N) is 1. The van der Waals surface area contributed by atoms with E-state index in [0.29, 0.717) is 30.6 Å². The average molecular weight is 354 g/mol. The minimum Gasteiger partial charge on any atom is -0.371 e. The SMILES string of the molecule is Cc1cnc(NCC[C@H]2CCOC23CN(C(=O)c2cnccn2)C3)nc1. The fraction of sp³-hybridized carbons (Fsp3) is 0.500. The Labute approximate surface area is 152 Å². The van der Waals surface area contributed by atoms with Crippen molar-refractivity contribution in [3.63, 3.8) is 0 Å². The van der Waals surface area contributed by atoms with Crippen LogP contribution in [-0.2, 0) is 4.74 Å². The van der Waals surface area contributed by atoms with Gasteiger partial charge in [0.05, 0.1) is 19.3 Å². The summed E-state index contributed by atoms with van der Waals surface area (Å²) in [6.07, 6.45) is 10.2. The molecule has 0 radical (unpaired) electrons. The van der Waals surface area contributed by atoms with Gasteiger partial charge in [-0.2, -0.15) is 0 Å². The highest BCUT2D eigenvalue weighted by atomic mass is 16.5. The van der Waals surface area contributed by atoms with Gasteiger partial charge in [0.15, 0.2) is 0 Å². The average Bonchev–Trinajstić information content (AvgIpc) is 3.06. The molecule has 4 rings (SSSR count). The number of ether oxygens (including phenoxy) is 1. The molecule has 1 amide bonds. The summed E-state index contributed by atoms with van der Waals surface area (Å²) in [6, 6.07) is 0. The summed E-state index contributed by atoms with van der Waals surface area (Å²) in [5.41, 5.74) is 1.21. The quantitative estimate of drug-likeness (QED) is 0.865. The Kier molecular flexibility index (Phi) is 4.50. The van der Waals surface area contributed by atoms with E-state index in [9.17, 15) is 4.79 Å². The molecule has 26 heavy (non-hydrogen) atoms. The van der Waals surface area contributed by atoms with Crippen LogP contribution in [0, 0.1) is 12.8 Å². The lowest BCUT2D eigenvalue weighted by atomic mass is 9.79. The summed E-state index contributed by atoms with van der Waals surface area (Å²) >= 11 is 0. The summed E-state index contributed by atoms with van der Waals surface area (Å²) in [7, 11) is 0. The summed E-state index contributed by atoms with van der Waals surface area (Å²) in [6.45, 7) is 4.74. The smallest absolute Gasteiger partial charge is 0.274 e. The minimum atomic E-state index is -0.215. The van der Waals surface area contributed by atoms with Gasteiger partial charge in [-0.1, -0.05) is 0 Å². The third kappa shape index (κ3) is 3.24. The monoisotopic (exact) mass is 354 g/mol. The predicted octanol–water partition coefficient (Wildman–Crippen LogP) is 1.31.